The Morgan fingerprint density at radius 3 is 2.61 bits per heavy atom. The number of nitrogens with one attached hydrogen (secondary N) is 1. The number of aromatic nitrogens is 3. The predicted molar refractivity (Wildman–Crippen MR) is 101 cm³/mol. The first kappa shape index (κ1) is 19.7. The molecule has 3 aromatic rings. The van der Waals surface area contributed by atoms with Crippen LogP contribution in [-0.4, -0.2) is 31.8 Å². The number of aliphatic hydroxyl groups is 1. The van der Waals surface area contributed by atoms with Gasteiger partial charge in [0.25, 0.3) is 5.56 Å². The van der Waals surface area contributed by atoms with Gasteiger partial charge >= 0.3 is 0 Å². The van der Waals surface area contributed by atoms with E-state index in [-0.39, 0.29) is 24.1 Å². The Morgan fingerprint density at radius 2 is 1.96 bits per heavy atom. The third kappa shape index (κ3) is 4.25. The molecule has 0 bridgehead atoms. The van der Waals surface area contributed by atoms with Gasteiger partial charge in [-0.05, 0) is 39.0 Å². The molecule has 28 heavy (non-hydrogen) atoms. The maximum absolute atomic E-state index is 13.9. The molecule has 0 saturated heterocycles. The highest BCUT2D eigenvalue weighted by atomic mass is 19.1. The van der Waals surface area contributed by atoms with Crippen LogP contribution in [0.2, 0.25) is 0 Å². The van der Waals surface area contributed by atoms with Crippen molar-refractivity contribution >= 4 is 17.0 Å². The van der Waals surface area contributed by atoms with Crippen molar-refractivity contribution in [2.24, 2.45) is 0 Å². The number of anilines is 1. The largest absolute Gasteiger partial charge is 0.448 e. The first-order valence-electron chi connectivity index (χ1n) is 8.72. The second-order valence-corrected chi connectivity index (χ2v) is 6.72. The van der Waals surface area contributed by atoms with E-state index in [0.29, 0.717) is 23.0 Å². The number of halogens is 2. The van der Waals surface area contributed by atoms with Gasteiger partial charge in [0.2, 0.25) is 5.95 Å². The Balaban J connectivity index is 2.13. The summed E-state index contributed by atoms with van der Waals surface area (Å²) in [6.45, 7) is 5.33. The lowest BCUT2D eigenvalue weighted by Crippen LogP contribution is -2.27. The van der Waals surface area contributed by atoms with Crippen LogP contribution in [0.5, 0.6) is 11.5 Å². The molecule has 0 aliphatic carbocycles. The highest BCUT2D eigenvalue weighted by molar-refractivity contribution is 5.77. The summed E-state index contributed by atoms with van der Waals surface area (Å²) in [5, 5.41) is 13.3. The number of pyridine rings is 1. The summed E-state index contributed by atoms with van der Waals surface area (Å²) in [7, 11) is 0. The van der Waals surface area contributed by atoms with E-state index in [1.54, 1.807) is 0 Å². The fourth-order valence-corrected chi connectivity index (χ4v) is 2.64. The first-order valence-corrected chi connectivity index (χ1v) is 8.72. The Hall–Kier alpha value is -3.07. The summed E-state index contributed by atoms with van der Waals surface area (Å²) in [6, 6.07) is 4.26. The molecule has 2 aromatic heterocycles. The Labute approximate surface area is 159 Å². The number of rotatable bonds is 6. The van der Waals surface area contributed by atoms with Gasteiger partial charge in [0, 0.05) is 23.7 Å². The lowest BCUT2D eigenvalue weighted by Gasteiger charge is -2.15. The molecule has 0 radical (unpaired) electrons. The molecule has 148 valence electrons. The van der Waals surface area contributed by atoms with Crippen LogP contribution in [0.1, 0.15) is 20.8 Å². The van der Waals surface area contributed by atoms with Gasteiger partial charge in [-0.2, -0.15) is 4.98 Å². The minimum Gasteiger partial charge on any atom is -0.448 e. The van der Waals surface area contributed by atoms with Crippen molar-refractivity contribution in [2.75, 3.05) is 5.32 Å². The molecule has 1 atom stereocenters. The highest BCUT2D eigenvalue weighted by Gasteiger charge is 2.17. The van der Waals surface area contributed by atoms with E-state index in [4.69, 9.17) is 4.74 Å². The molecule has 0 aliphatic heterocycles. The summed E-state index contributed by atoms with van der Waals surface area (Å²) >= 11 is 0. The Morgan fingerprint density at radius 1 is 1.21 bits per heavy atom. The molecule has 9 heteroatoms. The van der Waals surface area contributed by atoms with E-state index in [1.807, 2.05) is 13.8 Å². The third-order valence-corrected chi connectivity index (χ3v) is 3.77. The van der Waals surface area contributed by atoms with Gasteiger partial charge < -0.3 is 15.2 Å². The average molecular weight is 390 g/mol. The van der Waals surface area contributed by atoms with E-state index in [1.165, 1.54) is 23.8 Å². The van der Waals surface area contributed by atoms with Crippen molar-refractivity contribution in [3.63, 3.8) is 0 Å². The summed E-state index contributed by atoms with van der Waals surface area (Å²) in [4.78, 5) is 21.4. The van der Waals surface area contributed by atoms with Crippen LogP contribution in [0.3, 0.4) is 0 Å². The zero-order valence-electron chi connectivity index (χ0n) is 15.6. The van der Waals surface area contributed by atoms with Gasteiger partial charge in [0.15, 0.2) is 17.3 Å². The van der Waals surface area contributed by atoms with E-state index in [0.717, 1.165) is 12.1 Å². The fraction of sp³-hybridized carbons (Fsp3) is 0.316. The molecule has 7 nitrogen and oxygen atoms in total. The first-order chi connectivity index (χ1) is 13.2. The predicted octanol–water partition coefficient (Wildman–Crippen LogP) is 3.06. The van der Waals surface area contributed by atoms with Crippen LogP contribution in [-0.2, 0) is 6.54 Å². The Bertz CT molecular complexity index is 1070. The van der Waals surface area contributed by atoms with Crippen molar-refractivity contribution in [3.8, 4) is 11.5 Å². The summed E-state index contributed by atoms with van der Waals surface area (Å²) < 4.78 is 33.7. The summed E-state index contributed by atoms with van der Waals surface area (Å²) in [5.74, 6) is -1.84. The van der Waals surface area contributed by atoms with Gasteiger partial charge in [-0.3, -0.25) is 9.36 Å². The minimum absolute atomic E-state index is 0.0451. The maximum Gasteiger partial charge on any atom is 0.295 e. The molecule has 0 saturated carbocycles. The average Bonchev–Trinajstić information content (AvgIpc) is 2.60. The molecular formula is C19H20F2N4O3. The number of aliphatic hydroxyl groups excluding tert-OH is 1. The van der Waals surface area contributed by atoms with Gasteiger partial charge in [-0.1, -0.05) is 0 Å². The van der Waals surface area contributed by atoms with Crippen LogP contribution in [0, 0.1) is 11.6 Å². The van der Waals surface area contributed by atoms with Crippen LogP contribution in [0.25, 0.3) is 11.0 Å². The molecule has 2 N–H and O–H groups in total. The molecule has 3 rings (SSSR count). The molecule has 0 fully saturated rings. The fourth-order valence-electron chi connectivity index (χ4n) is 2.64. The van der Waals surface area contributed by atoms with Gasteiger partial charge in [0.1, 0.15) is 11.5 Å². The number of ether oxygens (including phenoxy) is 1. The highest BCUT2D eigenvalue weighted by Crippen LogP contribution is 2.25. The summed E-state index contributed by atoms with van der Waals surface area (Å²) in [6.07, 6.45) is 0.661. The second-order valence-electron chi connectivity index (χ2n) is 6.72. The van der Waals surface area contributed by atoms with Crippen molar-refractivity contribution in [1.29, 1.82) is 0 Å². The molecule has 1 unspecified atom stereocenters. The van der Waals surface area contributed by atoms with E-state index in [9.17, 15) is 18.7 Å². The molecule has 2 heterocycles. The third-order valence-electron chi connectivity index (χ3n) is 3.77. The van der Waals surface area contributed by atoms with E-state index < -0.39 is 23.3 Å². The maximum atomic E-state index is 13.9. The minimum atomic E-state index is -0.936. The van der Waals surface area contributed by atoms with Crippen LogP contribution >= 0.6 is 0 Å². The SMILES string of the molecule is CC(O)Cn1c(=O)c(Oc2ccc(F)cc2F)cc2cnc(NC(C)C)nc21. The number of nitrogens with zero attached hydrogens (tertiary/aromatic N) is 3. The Kier molecular flexibility index (Phi) is 5.55. The topological polar surface area (TPSA) is 89.3 Å². The molecule has 0 aliphatic rings. The normalized spacial score (nSPS) is 12.4. The van der Waals surface area contributed by atoms with Crippen molar-refractivity contribution in [1.82, 2.24) is 14.5 Å². The van der Waals surface area contributed by atoms with Crippen molar-refractivity contribution in [2.45, 2.75) is 39.5 Å². The smallest absolute Gasteiger partial charge is 0.295 e. The van der Waals surface area contributed by atoms with Crippen molar-refractivity contribution < 1.29 is 18.6 Å². The number of fused-ring (bicyclic) bond motifs is 1. The van der Waals surface area contributed by atoms with Crippen molar-refractivity contribution in [3.05, 3.63) is 52.5 Å². The van der Waals surface area contributed by atoms with Crippen LogP contribution in [0.4, 0.5) is 14.7 Å². The van der Waals surface area contributed by atoms with Crippen LogP contribution in [0.15, 0.2) is 35.3 Å². The van der Waals surface area contributed by atoms with Gasteiger partial charge in [-0.15, -0.1) is 0 Å². The molecule has 1 aromatic carbocycles. The zero-order valence-corrected chi connectivity index (χ0v) is 15.6. The lowest BCUT2D eigenvalue weighted by atomic mass is 10.2. The number of hydrogen-bond acceptors (Lipinski definition) is 6. The molecular weight excluding hydrogens is 370 g/mol. The second kappa shape index (κ2) is 7.89. The van der Waals surface area contributed by atoms with Gasteiger partial charge in [-0.25, -0.2) is 13.8 Å². The number of hydrogen-bond donors (Lipinski definition) is 2. The summed E-state index contributed by atoms with van der Waals surface area (Å²) in [5.41, 5.74) is -0.303. The quantitative estimate of drug-likeness (QED) is 0.673. The van der Waals surface area contributed by atoms with Gasteiger partial charge in [0.05, 0.1) is 12.6 Å². The lowest BCUT2D eigenvalue weighted by molar-refractivity contribution is 0.173. The van der Waals surface area contributed by atoms with Crippen LogP contribution < -0.4 is 15.6 Å². The van der Waals surface area contributed by atoms with E-state index in [2.05, 4.69) is 15.3 Å². The monoisotopic (exact) mass is 390 g/mol. The molecule has 0 spiro atoms. The zero-order chi connectivity index (χ0) is 20.4. The standard InChI is InChI=1S/C19H20F2N4O3/c1-10(2)23-19-22-8-12-6-16(28-15-5-4-13(20)7-14(15)21)18(27)25(9-11(3)26)17(12)24-19/h4-8,10-11,26H,9H2,1-3H3,(H,22,23,24). The van der Waals surface area contributed by atoms with E-state index >= 15 is 0 Å². The number of benzene rings is 1. The molecule has 0 amide bonds.